The fraction of sp³-hybridized carbons (Fsp3) is 0.294. The van der Waals surface area contributed by atoms with E-state index in [9.17, 15) is 9.59 Å². The van der Waals surface area contributed by atoms with Gasteiger partial charge in [0, 0.05) is 16.3 Å². The predicted octanol–water partition coefficient (Wildman–Crippen LogP) is 3.84. The highest BCUT2D eigenvalue weighted by molar-refractivity contribution is 7.09. The van der Waals surface area contributed by atoms with Crippen LogP contribution in [-0.2, 0) is 11.3 Å². The summed E-state index contributed by atoms with van der Waals surface area (Å²) in [6, 6.07) is 6.63. The molecule has 0 spiro atoms. The maximum atomic E-state index is 12.3. The lowest BCUT2D eigenvalue weighted by Gasteiger charge is -2.19. The summed E-state index contributed by atoms with van der Waals surface area (Å²) in [5.74, 6) is -0.301. The first-order chi connectivity index (χ1) is 11.3. The molecule has 7 heteroatoms. The number of nitrogens with one attached hydrogen (secondary N) is 2. The van der Waals surface area contributed by atoms with Gasteiger partial charge in [-0.3, -0.25) is 10.1 Å². The molecule has 0 saturated carbocycles. The molecule has 0 radical (unpaired) electrons. The van der Waals surface area contributed by atoms with Gasteiger partial charge in [0.15, 0.2) is 0 Å². The minimum Gasteiger partial charge on any atom is -0.444 e. The molecular weight excluding hydrogens is 328 g/mol. The third kappa shape index (κ3) is 5.07. The van der Waals surface area contributed by atoms with Crippen LogP contribution in [0, 0.1) is 0 Å². The summed E-state index contributed by atoms with van der Waals surface area (Å²) < 4.78 is 5.20. The van der Waals surface area contributed by atoms with Gasteiger partial charge in [-0.1, -0.05) is 12.1 Å². The molecule has 2 rings (SSSR count). The smallest absolute Gasteiger partial charge is 0.412 e. The van der Waals surface area contributed by atoms with Gasteiger partial charge in [-0.05, 0) is 38.5 Å². The molecule has 128 valence electrons. The number of hydrogen-bond acceptors (Lipinski definition) is 5. The van der Waals surface area contributed by atoms with Crippen LogP contribution in [0.15, 0.2) is 35.0 Å². The van der Waals surface area contributed by atoms with Crippen molar-refractivity contribution in [1.82, 2.24) is 0 Å². The van der Waals surface area contributed by atoms with Crippen LogP contribution in [0.2, 0.25) is 0 Å². The zero-order valence-electron chi connectivity index (χ0n) is 13.8. The maximum absolute atomic E-state index is 12.3. The van der Waals surface area contributed by atoms with Crippen molar-refractivity contribution in [3.05, 3.63) is 46.2 Å². The van der Waals surface area contributed by atoms with Crippen LogP contribution in [0.5, 0.6) is 0 Å². The molecule has 0 aliphatic rings. The number of benzene rings is 1. The molecule has 0 aliphatic heterocycles. The van der Waals surface area contributed by atoms with E-state index in [1.54, 1.807) is 55.8 Å². The molecule has 0 fully saturated rings. The Hall–Kier alpha value is -2.38. The summed E-state index contributed by atoms with van der Waals surface area (Å²) in [7, 11) is 0. The SMILES string of the molecule is CC(C)(C)OC(=O)Nc1cscc1NC(=O)c1ccc(CO)cc1. The van der Waals surface area contributed by atoms with E-state index in [4.69, 9.17) is 9.84 Å². The minimum atomic E-state index is -0.599. The molecule has 1 heterocycles. The van der Waals surface area contributed by atoms with Crippen LogP contribution in [0.25, 0.3) is 0 Å². The van der Waals surface area contributed by atoms with Crippen LogP contribution < -0.4 is 10.6 Å². The molecule has 1 aromatic heterocycles. The van der Waals surface area contributed by atoms with Crippen molar-refractivity contribution >= 4 is 34.7 Å². The molecule has 0 atom stereocenters. The molecule has 2 amide bonds. The number of rotatable bonds is 4. The van der Waals surface area contributed by atoms with Crippen molar-refractivity contribution in [2.75, 3.05) is 10.6 Å². The maximum Gasteiger partial charge on any atom is 0.412 e. The first-order valence-corrected chi connectivity index (χ1v) is 8.30. The topological polar surface area (TPSA) is 87.7 Å². The molecule has 0 aliphatic carbocycles. The molecular formula is C17H20N2O4S. The summed E-state index contributed by atoms with van der Waals surface area (Å²) >= 11 is 1.35. The molecule has 1 aromatic carbocycles. The third-order valence-corrected chi connectivity index (χ3v) is 3.69. The lowest BCUT2D eigenvalue weighted by atomic mass is 10.1. The molecule has 0 unspecified atom stereocenters. The number of thiophene rings is 1. The quantitative estimate of drug-likeness (QED) is 0.783. The zero-order valence-corrected chi connectivity index (χ0v) is 14.6. The minimum absolute atomic E-state index is 0.0730. The molecule has 2 aromatic rings. The number of amides is 2. The Bertz CT molecular complexity index is 717. The van der Waals surface area contributed by atoms with Crippen molar-refractivity contribution in [1.29, 1.82) is 0 Å². The predicted molar refractivity (Wildman–Crippen MR) is 94.5 cm³/mol. The molecule has 24 heavy (non-hydrogen) atoms. The second kappa shape index (κ2) is 7.46. The molecule has 3 N–H and O–H groups in total. The second-order valence-corrected chi connectivity index (χ2v) is 6.88. The van der Waals surface area contributed by atoms with E-state index in [0.29, 0.717) is 16.9 Å². The Labute approximate surface area is 144 Å². The number of aliphatic hydroxyl groups is 1. The number of hydrogen-bond donors (Lipinski definition) is 3. The Balaban J connectivity index is 2.04. The van der Waals surface area contributed by atoms with Gasteiger partial charge in [0.2, 0.25) is 0 Å². The first kappa shape index (κ1) is 18.0. The fourth-order valence-electron chi connectivity index (χ4n) is 1.86. The van der Waals surface area contributed by atoms with Crippen molar-refractivity contribution in [3.63, 3.8) is 0 Å². The lowest BCUT2D eigenvalue weighted by Crippen LogP contribution is -2.27. The summed E-state index contributed by atoms with van der Waals surface area (Å²) in [5.41, 5.74) is 1.57. The van der Waals surface area contributed by atoms with Crippen molar-refractivity contribution in [3.8, 4) is 0 Å². The van der Waals surface area contributed by atoms with Crippen molar-refractivity contribution in [2.24, 2.45) is 0 Å². The number of aliphatic hydroxyl groups excluding tert-OH is 1. The van der Waals surface area contributed by atoms with Gasteiger partial charge in [0.05, 0.1) is 18.0 Å². The third-order valence-electron chi connectivity index (χ3n) is 2.94. The number of ether oxygens (including phenoxy) is 1. The zero-order chi connectivity index (χ0) is 17.7. The van der Waals surface area contributed by atoms with E-state index in [1.165, 1.54) is 11.3 Å². The van der Waals surface area contributed by atoms with Crippen LogP contribution in [0.1, 0.15) is 36.7 Å². The van der Waals surface area contributed by atoms with E-state index in [0.717, 1.165) is 5.56 Å². The Morgan fingerprint density at radius 1 is 1.08 bits per heavy atom. The molecule has 0 bridgehead atoms. The highest BCUT2D eigenvalue weighted by Crippen LogP contribution is 2.27. The van der Waals surface area contributed by atoms with E-state index >= 15 is 0 Å². The van der Waals surface area contributed by atoms with Gasteiger partial charge in [0.25, 0.3) is 5.91 Å². The van der Waals surface area contributed by atoms with Crippen LogP contribution in [0.4, 0.5) is 16.2 Å². The first-order valence-electron chi connectivity index (χ1n) is 7.36. The Kier molecular flexibility index (Phi) is 5.58. The van der Waals surface area contributed by atoms with E-state index < -0.39 is 11.7 Å². The van der Waals surface area contributed by atoms with Crippen LogP contribution in [-0.4, -0.2) is 22.7 Å². The van der Waals surface area contributed by atoms with Gasteiger partial charge in [-0.25, -0.2) is 4.79 Å². The summed E-state index contributed by atoms with van der Waals surface area (Å²) in [6.07, 6.45) is -0.580. The van der Waals surface area contributed by atoms with Crippen molar-refractivity contribution in [2.45, 2.75) is 33.0 Å². The van der Waals surface area contributed by atoms with Crippen molar-refractivity contribution < 1.29 is 19.4 Å². The van der Waals surface area contributed by atoms with Gasteiger partial charge in [-0.2, -0.15) is 0 Å². The van der Waals surface area contributed by atoms with E-state index in [1.807, 2.05) is 0 Å². The van der Waals surface area contributed by atoms with E-state index in [-0.39, 0.29) is 12.5 Å². The normalized spacial score (nSPS) is 11.0. The Morgan fingerprint density at radius 3 is 2.21 bits per heavy atom. The summed E-state index contributed by atoms with van der Waals surface area (Å²) in [6.45, 7) is 5.26. The highest BCUT2D eigenvalue weighted by Gasteiger charge is 2.18. The fourth-order valence-corrected chi connectivity index (χ4v) is 2.57. The number of carbonyl (C=O) groups excluding carboxylic acids is 2. The van der Waals surface area contributed by atoms with Crippen LogP contribution in [0.3, 0.4) is 0 Å². The van der Waals surface area contributed by atoms with Gasteiger partial charge in [0.1, 0.15) is 5.60 Å². The van der Waals surface area contributed by atoms with Gasteiger partial charge >= 0.3 is 6.09 Å². The summed E-state index contributed by atoms with van der Waals surface area (Å²) in [5, 5.41) is 17.8. The summed E-state index contributed by atoms with van der Waals surface area (Å²) in [4.78, 5) is 24.1. The van der Waals surface area contributed by atoms with E-state index in [2.05, 4.69) is 10.6 Å². The average Bonchev–Trinajstić information content (AvgIpc) is 2.92. The number of anilines is 2. The lowest BCUT2D eigenvalue weighted by molar-refractivity contribution is 0.0635. The molecule has 6 nitrogen and oxygen atoms in total. The van der Waals surface area contributed by atoms with Gasteiger partial charge in [-0.15, -0.1) is 11.3 Å². The standard InChI is InChI=1S/C17H20N2O4S/c1-17(2,3)23-16(22)19-14-10-24-9-13(14)18-15(21)12-6-4-11(8-20)5-7-12/h4-7,9-10,20H,8H2,1-3H3,(H,18,21)(H,19,22). The average molecular weight is 348 g/mol. The Morgan fingerprint density at radius 2 is 1.67 bits per heavy atom. The molecule has 0 saturated heterocycles. The number of carbonyl (C=O) groups is 2. The highest BCUT2D eigenvalue weighted by atomic mass is 32.1. The monoisotopic (exact) mass is 348 g/mol. The largest absolute Gasteiger partial charge is 0.444 e. The second-order valence-electron chi connectivity index (χ2n) is 6.14. The van der Waals surface area contributed by atoms with Crippen LogP contribution >= 0.6 is 11.3 Å². The van der Waals surface area contributed by atoms with Gasteiger partial charge < -0.3 is 15.2 Å².